The van der Waals surface area contributed by atoms with Crippen LogP contribution in [0.1, 0.15) is 37.7 Å². The Labute approximate surface area is 181 Å². The fourth-order valence-corrected chi connectivity index (χ4v) is 5.74. The molecule has 1 aromatic rings. The number of rotatable bonds is 6. The minimum absolute atomic E-state index is 0.0297. The Kier molecular flexibility index (Phi) is 7.89. The van der Waals surface area contributed by atoms with Crippen LogP contribution < -0.4 is 5.32 Å². The van der Waals surface area contributed by atoms with Gasteiger partial charge in [-0.2, -0.15) is 12.6 Å². The highest BCUT2D eigenvalue weighted by molar-refractivity contribution is 7.99. The van der Waals surface area contributed by atoms with E-state index in [1.165, 1.54) is 7.11 Å². The summed E-state index contributed by atoms with van der Waals surface area (Å²) in [5, 5.41) is 2.74. The molecule has 6 nitrogen and oxygen atoms in total. The molecular formula is C21H28N2O4S2. The molecule has 3 rings (SSSR count). The number of nitrogens with zero attached hydrogens (tertiary/aromatic N) is 1. The highest BCUT2D eigenvalue weighted by Gasteiger charge is 2.43. The number of amides is 2. The largest absolute Gasteiger partial charge is 0.467 e. The van der Waals surface area contributed by atoms with Gasteiger partial charge in [-0.15, -0.1) is 11.8 Å². The Morgan fingerprint density at radius 3 is 2.76 bits per heavy atom. The minimum Gasteiger partial charge on any atom is -0.467 e. The predicted octanol–water partition coefficient (Wildman–Crippen LogP) is 2.42. The quantitative estimate of drug-likeness (QED) is 0.529. The molecule has 2 saturated heterocycles. The maximum absolute atomic E-state index is 13.2. The number of hydrogen-bond donors (Lipinski definition) is 2. The highest BCUT2D eigenvalue weighted by Crippen LogP contribution is 2.34. The van der Waals surface area contributed by atoms with E-state index < -0.39 is 12.1 Å². The Morgan fingerprint density at radius 1 is 1.28 bits per heavy atom. The van der Waals surface area contributed by atoms with Gasteiger partial charge in [0.25, 0.3) is 0 Å². The lowest BCUT2D eigenvalue weighted by Gasteiger charge is -2.40. The minimum atomic E-state index is -0.609. The number of thiol groups is 1. The molecule has 0 aliphatic carbocycles. The van der Waals surface area contributed by atoms with Crippen molar-refractivity contribution in [3.05, 3.63) is 35.9 Å². The van der Waals surface area contributed by atoms with Gasteiger partial charge in [-0.1, -0.05) is 30.3 Å². The summed E-state index contributed by atoms with van der Waals surface area (Å²) in [7, 11) is 1.35. The summed E-state index contributed by atoms with van der Waals surface area (Å²) >= 11 is 6.23. The first-order valence-corrected chi connectivity index (χ1v) is 11.6. The zero-order valence-corrected chi connectivity index (χ0v) is 18.3. The number of benzene rings is 1. The number of thioether (sulfide) groups is 1. The fourth-order valence-electron chi connectivity index (χ4n) is 3.98. The summed E-state index contributed by atoms with van der Waals surface area (Å²) in [5.74, 6) is 0.0190. The molecule has 0 spiro atoms. The fraction of sp³-hybridized carbons (Fsp3) is 0.571. The van der Waals surface area contributed by atoms with Crippen molar-refractivity contribution in [3.63, 3.8) is 0 Å². The van der Waals surface area contributed by atoms with Gasteiger partial charge in [0.1, 0.15) is 12.1 Å². The molecule has 1 N–H and O–H groups in total. The smallest absolute Gasteiger partial charge is 0.328 e. The molecule has 1 aromatic carbocycles. The molecule has 0 saturated carbocycles. The maximum atomic E-state index is 13.2. The standard InChI is InChI=1S/C21H28N2O4S2/c1-27-21(26)17-8-5-9-19-23(17)20(25)16(10-11-29-19)22-18(24)13-15(28)12-14-6-3-2-4-7-14/h2-4,6-7,15-17,19,28H,5,8-13H2,1H3,(H,22,24)/t15-,16-,17?,19-/m0/s1. The number of fused-ring (bicyclic) bond motifs is 1. The first kappa shape index (κ1) is 22.0. The third kappa shape index (κ3) is 5.69. The van der Waals surface area contributed by atoms with Gasteiger partial charge in [0, 0.05) is 11.7 Å². The van der Waals surface area contributed by atoms with E-state index in [1.807, 2.05) is 30.3 Å². The Balaban J connectivity index is 1.61. The van der Waals surface area contributed by atoms with Crippen LogP contribution in [0.25, 0.3) is 0 Å². The van der Waals surface area contributed by atoms with E-state index in [9.17, 15) is 14.4 Å². The molecule has 2 heterocycles. The summed E-state index contributed by atoms with van der Waals surface area (Å²) in [6.07, 6.45) is 3.83. The van der Waals surface area contributed by atoms with Gasteiger partial charge < -0.3 is 15.0 Å². The number of esters is 1. The number of carbonyl (C=O) groups is 3. The number of piperidine rings is 1. The van der Waals surface area contributed by atoms with E-state index in [4.69, 9.17) is 4.74 Å². The number of ether oxygens (including phenoxy) is 1. The van der Waals surface area contributed by atoms with Crippen LogP contribution in [0.3, 0.4) is 0 Å². The van der Waals surface area contributed by atoms with Crippen molar-refractivity contribution in [1.82, 2.24) is 10.2 Å². The van der Waals surface area contributed by atoms with Crippen LogP contribution in [0.2, 0.25) is 0 Å². The molecule has 0 bridgehead atoms. The molecular weight excluding hydrogens is 408 g/mol. The van der Waals surface area contributed by atoms with Crippen molar-refractivity contribution in [1.29, 1.82) is 0 Å². The molecule has 2 amide bonds. The highest BCUT2D eigenvalue weighted by atomic mass is 32.2. The van der Waals surface area contributed by atoms with Crippen LogP contribution >= 0.6 is 24.4 Å². The monoisotopic (exact) mass is 436 g/mol. The summed E-state index contributed by atoms with van der Waals surface area (Å²) in [6, 6.07) is 8.73. The maximum Gasteiger partial charge on any atom is 0.328 e. The topological polar surface area (TPSA) is 75.7 Å². The van der Waals surface area contributed by atoms with Crippen LogP contribution in [0.15, 0.2) is 30.3 Å². The summed E-state index contributed by atoms with van der Waals surface area (Å²) in [4.78, 5) is 39.6. The molecule has 8 heteroatoms. The van der Waals surface area contributed by atoms with Crippen molar-refractivity contribution < 1.29 is 19.1 Å². The van der Waals surface area contributed by atoms with E-state index in [2.05, 4.69) is 17.9 Å². The van der Waals surface area contributed by atoms with E-state index in [1.54, 1.807) is 16.7 Å². The zero-order chi connectivity index (χ0) is 20.8. The number of nitrogens with one attached hydrogen (secondary N) is 1. The molecule has 0 radical (unpaired) electrons. The molecule has 2 fully saturated rings. The lowest BCUT2D eigenvalue weighted by atomic mass is 10.00. The van der Waals surface area contributed by atoms with E-state index >= 15 is 0 Å². The number of methoxy groups -OCH3 is 1. The van der Waals surface area contributed by atoms with Crippen molar-refractivity contribution in [2.45, 2.75) is 61.2 Å². The average Bonchev–Trinajstić information content (AvgIpc) is 2.87. The third-order valence-corrected chi connectivity index (χ3v) is 7.07. The molecule has 2 aliphatic heterocycles. The van der Waals surface area contributed by atoms with Crippen LogP contribution in [-0.2, 0) is 25.5 Å². The lowest BCUT2D eigenvalue weighted by molar-refractivity contribution is -0.156. The molecule has 0 aromatic heterocycles. The number of hydrogen-bond acceptors (Lipinski definition) is 6. The van der Waals surface area contributed by atoms with Crippen LogP contribution in [0, 0.1) is 0 Å². The van der Waals surface area contributed by atoms with E-state index in [0.717, 1.165) is 24.2 Å². The summed E-state index contributed by atoms with van der Waals surface area (Å²) in [6.45, 7) is 0. The average molecular weight is 437 g/mol. The van der Waals surface area contributed by atoms with Crippen LogP contribution in [0.4, 0.5) is 0 Å². The Bertz CT molecular complexity index is 731. The van der Waals surface area contributed by atoms with Gasteiger partial charge in [0.15, 0.2) is 0 Å². The van der Waals surface area contributed by atoms with Crippen molar-refractivity contribution in [3.8, 4) is 0 Å². The van der Waals surface area contributed by atoms with Crippen molar-refractivity contribution >= 4 is 42.2 Å². The molecule has 1 unspecified atom stereocenters. The van der Waals surface area contributed by atoms with Gasteiger partial charge >= 0.3 is 5.97 Å². The normalized spacial score (nSPS) is 25.5. The van der Waals surface area contributed by atoms with Crippen molar-refractivity contribution in [2.75, 3.05) is 12.9 Å². The Morgan fingerprint density at radius 2 is 2.03 bits per heavy atom. The first-order chi connectivity index (χ1) is 14.0. The second-order valence-electron chi connectivity index (χ2n) is 7.50. The van der Waals surface area contributed by atoms with Gasteiger partial charge in [0.2, 0.25) is 11.8 Å². The zero-order valence-electron chi connectivity index (χ0n) is 16.6. The van der Waals surface area contributed by atoms with Gasteiger partial charge in [-0.3, -0.25) is 9.59 Å². The summed E-state index contributed by atoms with van der Waals surface area (Å²) < 4.78 is 4.91. The lowest BCUT2D eigenvalue weighted by Crippen LogP contribution is -2.57. The second-order valence-corrected chi connectivity index (χ2v) is 9.51. The molecule has 2 aliphatic rings. The molecule has 29 heavy (non-hydrogen) atoms. The SMILES string of the molecule is COC(=O)C1CCC[C@@H]2SCC[C@H](NC(=O)C[C@@H](S)Cc3ccccc3)C(=O)N12. The molecule has 158 valence electrons. The number of carbonyl (C=O) groups excluding carboxylic acids is 3. The summed E-state index contributed by atoms with van der Waals surface area (Å²) in [5.41, 5.74) is 1.12. The van der Waals surface area contributed by atoms with E-state index in [-0.39, 0.29) is 34.8 Å². The van der Waals surface area contributed by atoms with Crippen molar-refractivity contribution in [2.24, 2.45) is 0 Å². The van der Waals surface area contributed by atoms with Crippen LogP contribution in [0.5, 0.6) is 0 Å². The Hall–Kier alpha value is -1.67. The molecule has 4 atom stereocenters. The van der Waals surface area contributed by atoms with Gasteiger partial charge in [-0.25, -0.2) is 4.79 Å². The third-order valence-electron chi connectivity index (χ3n) is 5.39. The van der Waals surface area contributed by atoms with Gasteiger partial charge in [0.05, 0.1) is 12.5 Å². The van der Waals surface area contributed by atoms with E-state index in [0.29, 0.717) is 19.3 Å². The van der Waals surface area contributed by atoms with Crippen LogP contribution in [-0.4, -0.2) is 58.3 Å². The first-order valence-electron chi connectivity index (χ1n) is 10.0. The predicted molar refractivity (Wildman–Crippen MR) is 117 cm³/mol. The van der Waals surface area contributed by atoms with Gasteiger partial charge in [-0.05, 0) is 43.4 Å². The second kappa shape index (κ2) is 10.4.